The Labute approximate surface area is 118 Å². The molecule has 0 radical (unpaired) electrons. The topological polar surface area (TPSA) is 84.7 Å². The Morgan fingerprint density at radius 3 is 2.80 bits per heavy atom. The van der Waals surface area contributed by atoms with Gasteiger partial charge in [0.05, 0.1) is 13.0 Å². The normalized spacial score (nSPS) is 12.2. The highest BCUT2D eigenvalue weighted by molar-refractivity contribution is 5.89. The quantitative estimate of drug-likeness (QED) is 0.753. The van der Waals surface area contributed by atoms with Gasteiger partial charge in [-0.25, -0.2) is 0 Å². The van der Waals surface area contributed by atoms with Crippen LogP contribution in [0.15, 0.2) is 10.6 Å². The maximum absolute atomic E-state index is 11.7. The molecule has 1 rings (SSSR count). The predicted octanol–water partition coefficient (Wildman–Crippen LogP) is 1.05. The van der Waals surface area contributed by atoms with E-state index in [1.54, 1.807) is 19.9 Å². The van der Waals surface area contributed by atoms with Crippen molar-refractivity contribution >= 4 is 17.7 Å². The van der Waals surface area contributed by atoms with Gasteiger partial charge in [0.2, 0.25) is 5.91 Å². The first kappa shape index (κ1) is 16.2. The van der Waals surface area contributed by atoms with Crippen LogP contribution in [-0.2, 0) is 14.3 Å². The number of methoxy groups -OCH3 is 1. The molecule has 0 saturated heterocycles. The zero-order valence-corrected chi connectivity index (χ0v) is 12.3. The summed E-state index contributed by atoms with van der Waals surface area (Å²) in [6, 6.07) is 1.65. The molecule has 1 heterocycles. The van der Waals surface area contributed by atoms with Crippen molar-refractivity contribution in [1.82, 2.24) is 10.1 Å². The molecule has 0 bridgehead atoms. The molecule has 1 atom stereocenters. The number of rotatable bonds is 7. The second-order valence-corrected chi connectivity index (χ2v) is 4.81. The standard InChI is InChI=1S/C13H21N3O4/c1-9(13(18)19-4)8-16(3)6-5-12(17)14-11-7-10(2)20-15-11/h7,9H,5-6,8H2,1-4H3,(H,14,15,17). The van der Waals surface area contributed by atoms with Crippen molar-refractivity contribution in [2.75, 3.05) is 32.6 Å². The molecule has 0 spiro atoms. The largest absolute Gasteiger partial charge is 0.469 e. The van der Waals surface area contributed by atoms with Gasteiger partial charge in [0, 0.05) is 25.6 Å². The first-order valence-corrected chi connectivity index (χ1v) is 6.42. The third kappa shape index (κ3) is 5.40. The number of hydrogen-bond acceptors (Lipinski definition) is 6. The van der Waals surface area contributed by atoms with Crippen LogP contribution in [0.1, 0.15) is 19.1 Å². The van der Waals surface area contributed by atoms with Crippen LogP contribution in [0.5, 0.6) is 0 Å². The summed E-state index contributed by atoms with van der Waals surface area (Å²) in [5.41, 5.74) is 0. The summed E-state index contributed by atoms with van der Waals surface area (Å²) in [5.74, 6) is 0.448. The number of carbonyl (C=O) groups excluding carboxylic acids is 2. The van der Waals surface area contributed by atoms with Gasteiger partial charge in [-0.2, -0.15) is 0 Å². The van der Waals surface area contributed by atoms with Crippen molar-refractivity contribution in [3.63, 3.8) is 0 Å². The number of aryl methyl sites for hydroxylation is 1. The molecule has 0 aliphatic heterocycles. The SMILES string of the molecule is COC(=O)C(C)CN(C)CCC(=O)Nc1cc(C)on1. The van der Waals surface area contributed by atoms with Gasteiger partial charge in [-0.3, -0.25) is 9.59 Å². The summed E-state index contributed by atoms with van der Waals surface area (Å²) in [5, 5.41) is 6.33. The van der Waals surface area contributed by atoms with Crippen LogP contribution >= 0.6 is 0 Å². The fourth-order valence-corrected chi connectivity index (χ4v) is 1.76. The molecule has 7 nitrogen and oxygen atoms in total. The number of hydrogen-bond donors (Lipinski definition) is 1. The van der Waals surface area contributed by atoms with Crippen LogP contribution in [0.25, 0.3) is 0 Å². The molecule has 0 saturated carbocycles. The maximum Gasteiger partial charge on any atom is 0.309 e. The Kier molecular flexibility index (Phi) is 6.17. The number of ether oxygens (including phenoxy) is 1. The minimum atomic E-state index is -0.251. The fraction of sp³-hybridized carbons (Fsp3) is 0.615. The number of aromatic nitrogens is 1. The summed E-state index contributed by atoms with van der Waals surface area (Å²) in [4.78, 5) is 24.9. The van der Waals surface area contributed by atoms with Crippen molar-refractivity contribution in [3.05, 3.63) is 11.8 Å². The third-order valence-electron chi connectivity index (χ3n) is 2.81. The van der Waals surface area contributed by atoms with E-state index in [0.29, 0.717) is 31.1 Å². The predicted molar refractivity (Wildman–Crippen MR) is 73.2 cm³/mol. The molecule has 1 aromatic heterocycles. The van der Waals surface area contributed by atoms with Crippen LogP contribution in [-0.4, -0.2) is 49.2 Å². The molecule has 1 aromatic rings. The lowest BCUT2D eigenvalue weighted by Gasteiger charge is -2.19. The van der Waals surface area contributed by atoms with E-state index in [2.05, 4.69) is 15.2 Å². The van der Waals surface area contributed by atoms with E-state index in [4.69, 9.17) is 4.52 Å². The molecule has 1 unspecified atom stereocenters. The number of nitrogens with zero attached hydrogens (tertiary/aromatic N) is 2. The molecule has 0 aliphatic carbocycles. The summed E-state index contributed by atoms with van der Waals surface area (Å²) in [6.07, 6.45) is 0.316. The molecule has 0 aromatic carbocycles. The summed E-state index contributed by atoms with van der Waals surface area (Å²) in [6.45, 7) is 4.64. The number of anilines is 1. The van der Waals surface area contributed by atoms with Crippen molar-refractivity contribution in [3.8, 4) is 0 Å². The molecule has 1 N–H and O–H groups in total. The highest BCUT2D eigenvalue weighted by Gasteiger charge is 2.16. The monoisotopic (exact) mass is 283 g/mol. The smallest absolute Gasteiger partial charge is 0.309 e. The van der Waals surface area contributed by atoms with Crippen molar-refractivity contribution in [1.29, 1.82) is 0 Å². The Morgan fingerprint density at radius 1 is 1.55 bits per heavy atom. The number of carbonyl (C=O) groups is 2. The highest BCUT2D eigenvalue weighted by atomic mass is 16.5. The van der Waals surface area contributed by atoms with Gasteiger partial charge < -0.3 is 19.5 Å². The summed E-state index contributed by atoms with van der Waals surface area (Å²) >= 11 is 0. The van der Waals surface area contributed by atoms with E-state index in [9.17, 15) is 9.59 Å². The summed E-state index contributed by atoms with van der Waals surface area (Å²) < 4.78 is 9.51. The van der Waals surface area contributed by atoms with Crippen LogP contribution < -0.4 is 5.32 Å². The molecule has 112 valence electrons. The average molecular weight is 283 g/mol. The zero-order valence-electron chi connectivity index (χ0n) is 12.3. The van der Waals surface area contributed by atoms with Crippen LogP contribution in [0.3, 0.4) is 0 Å². The Hall–Kier alpha value is -1.89. The molecule has 0 fully saturated rings. The Bertz CT molecular complexity index is 458. The lowest BCUT2D eigenvalue weighted by molar-refractivity contribution is -0.145. The minimum Gasteiger partial charge on any atom is -0.469 e. The van der Waals surface area contributed by atoms with E-state index < -0.39 is 0 Å². The van der Waals surface area contributed by atoms with Crippen molar-refractivity contribution in [2.24, 2.45) is 5.92 Å². The van der Waals surface area contributed by atoms with Gasteiger partial charge in [0.1, 0.15) is 5.76 Å². The Balaban J connectivity index is 2.28. The third-order valence-corrected chi connectivity index (χ3v) is 2.81. The first-order valence-electron chi connectivity index (χ1n) is 6.42. The Morgan fingerprint density at radius 2 is 2.25 bits per heavy atom. The lowest BCUT2D eigenvalue weighted by Crippen LogP contribution is -2.31. The van der Waals surface area contributed by atoms with E-state index in [1.807, 2.05) is 11.9 Å². The van der Waals surface area contributed by atoms with Gasteiger partial charge in [-0.15, -0.1) is 0 Å². The molecule has 20 heavy (non-hydrogen) atoms. The molecule has 1 amide bonds. The molecule has 7 heteroatoms. The zero-order chi connectivity index (χ0) is 15.1. The lowest BCUT2D eigenvalue weighted by atomic mass is 10.1. The molecular weight excluding hydrogens is 262 g/mol. The van der Waals surface area contributed by atoms with E-state index in [1.165, 1.54) is 7.11 Å². The van der Waals surface area contributed by atoms with Crippen molar-refractivity contribution < 1.29 is 18.8 Å². The maximum atomic E-state index is 11.7. The van der Waals surface area contributed by atoms with Crippen LogP contribution in [0, 0.1) is 12.8 Å². The van der Waals surface area contributed by atoms with Gasteiger partial charge in [-0.05, 0) is 14.0 Å². The van der Waals surface area contributed by atoms with Gasteiger partial charge in [0.25, 0.3) is 0 Å². The highest BCUT2D eigenvalue weighted by Crippen LogP contribution is 2.07. The molecular formula is C13H21N3O4. The van der Waals surface area contributed by atoms with Crippen LogP contribution in [0.4, 0.5) is 5.82 Å². The second kappa shape index (κ2) is 7.64. The van der Waals surface area contributed by atoms with Gasteiger partial charge in [-0.1, -0.05) is 12.1 Å². The fourth-order valence-electron chi connectivity index (χ4n) is 1.76. The molecule has 0 aliphatic rings. The van der Waals surface area contributed by atoms with Gasteiger partial charge in [0.15, 0.2) is 5.82 Å². The average Bonchev–Trinajstić information content (AvgIpc) is 2.80. The summed E-state index contributed by atoms with van der Waals surface area (Å²) in [7, 11) is 3.22. The van der Waals surface area contributed by atoms with E-state index >= 15 is 0 Å². The van der Waals surface area contributed by atoms with E-state index in [0.717, 1.165) is 0 Å². The van der Waals surface area contributed by atoms with Crippen molar-refractivity contribution in [2.45, 2.75) is 20.3 Å². The van der Waals surface area contributed by atoms with E-state index in [-0.39, 0.29) is 17.8 Å². The van der Waals surface area contributed by atoms with Crippen LogP contribution in [0.2, 0.25) is 0 Å². The number of nitrogens with one attached hydrogen (secondary N) is 1. The first-order chi connectivity index (χ1) is 9.42. The second-order valence-electron chi connectivity index (χ2n) is 4.81. The number of amides is 1. The van der Waals surface area contributed by atoms with Gasteiger partial charge >= 0.3 is 5.97 Å². The minimum absolute atomic E-state index is 0.143. The number of esters is 1.